The number of hydrogen-bond acceptors (Lipinski definition) is 4. The molecule has 4 rings (SSSR count). The minimum atomic E-state index is 0.486. The number of rotatable bonds is 2. The molecule has 0 radical (unpaired) electrons. The second-order valence-electron chi connectivity index (χ2n) is 5.51. The normalized spacial score (nSPS) is 37.9. The van der Waals surface area contributed by atoms with E-state index in [1.165, 1.54) is 38.5 Å². The fourth-order valence-electron chi connectivity index (χ4n) is 3.33. The van der Waals surface area contributed by atoms with Gasteiger partial charge in [0.05, 0.1) is 5.92 Å². The third kappa shape index (κ3) is 1.25. The summed E-state index contributed by atoms with van der Waals surface area (Å²) in [4.78, 5) is 4.62. The van der Waals surface area contributed by atoms with Gasteiger partial charge in [-0.15, -0.1) is 0 Å². The molecule has 4 heteroatoms. The molecule has 16 heavy (non-hydrogen) atoms. The van der Waals surface area contributed by atoms with Crippen molar-refractivity contribution in [3.05, 3.63) is 11.7 Å². The van der Waals surface area contributed by atoms with E-state index in [9.17, 15) is 0 Å². The molecule has 1 aromatic rings. The van der Waals surface area contributed by atoms with Crippen LogP contribution in [0.1, 0.15) is 62.1 Å². The van der Waals surface area contributed by atoms with Crippen molar-refractivity contribution in [2.24, 2.45) is 0 Å². The smallest absolute Gasteiger partial charge is 0.231 e. The summed E-state index contributed by atoms with van der Waals surface area (Å²) in [5.41, 5.74) is 0. The number of hydrogen-bond donors (Lipinski definition) is 1. The van der Waals surface area contributed by atoms with E-state index < -0.39 is 0 Å². The van der Waals surface area contributed by atoms with Crippen molar-refractivity contribution in [3.63, 3.8) is 0 Å². The van der Waals surface area contributed by atoms with Gasteiger partial charge in [0.2, 0.25) is 5.89 Å². The third-order valence-corrected chi connectivity index (χ3v) is 4.55. The zero-order chi connectivity index (χ0) is 10.5. The lowest BCUT2D eigenvalue weighted by atomic mass is 9.85. The van der Waals surface area contributed by atoms with Crippen molar-refractivity contribution in [3.8, 4) is 0 Å². The van der Waals surface area contributed by atoms with Crippen molar-refractivity contribution in [1.82, 2.24) is 15.5 Å². The Morgan fingerprint density at radius 2 is 2.12 bits per heavy atom. The summed E-state index contributed by atoms with van der Waals surface area (Å²) in [5, 5.41) is 7.77. The summed E-state index contributed by atoms with van der Waals surface area (Å²) in [6, 6.07) is 1.30. The Morgan fingerprint density at radius 1 is 1.19 bits per heavy atom. The fraction of sp³-hybridized carbons (Fsp3) is 0.833. The van der Waals surface area contributed by atoms with E-state index in [1.54, 1.807) is 0 Å². The highest BCUT2D eigenvalue weighted by molar-refractivity contribution is 5.11. The quantitative estimate of drug-likeness (QED) is 0.826. The van der Waals surface area contributed by atoms with Gasteiger partial charge in [0.1, 0.15) is 0 Å². The van der Waals surface area contributed by atoms with Crippen LogP contribution in [0.4, 0.5) is 0 Å². The molecule has 0 amide bonds. The molecule has 3 fully saturated rings. The molecule has 4 nitrogen and oxygen atoms in total. The minimum Gasteiger partial charge on any atom is -0.339 e. The lowest BCUT2D eigenvalue weighted by Gasteiger charge is -2.21. The Hall–Kier alpha value is -0.900. The molecule has 3 heterocycles. The molecule has 3 aliphatic rings. The second kappa shape index (κ2) is 3.29. The Balaban J connectivity index is 1.56. The molecule has 1 aromatic heterocycles. The van der Waals surface area contributed by atoms with Crippen LogP contribution < -0.4 is 5.32 Å². The second-order valence-corrected chi connectivity index (χ2v) is 5.51. The SMILES string of the molecule is C1CC(c2noc(C3CC4CCC3N4)n2)C1. The van der Waals surface area contributed by atoms with Gasteiger partial charge in [-0.05, 0) is 32.1 Å². The van der Waals surface area contributed by atoms with Gasteiger partial charge in [0.15, 0.2) is 5.82 Å². The number of nitrogens with zero attached hydrogens (tertiary/aromatic N) is 2. The zero-order valence-electron chi connectivity index (χ0n) is 9.35. The summed E-state index contributed by atoms with van der Waals surface area (Å²) < 4.78 is 5.46. The molecule has 1 saturated carbocycles. The first-order valence-corrected chi connectivity index (χ1v) is 6.50. The topological polar surface area (TPSA) is 51.0 Å². The van der Waals surface area contributed by atoms with Crippen LogP contribution in [0.3, 0.4) is 0 Å². The van der Waals surface area contributed by atoms with Gasteiger partial charge in [-0.2, -0.15) is 4.98 Å². The predicted octanol–water partition coefficient (Wildman–Crippen LogP) is 1.95. The molecule has 1 N–H and O–H groups in total. The first kappa shape index (κ1) is 9.16. The van der Waals surface area contributed by atoms with Crippen LogP contribution in [-0.2, 0) is 0 Å². The zero-order valence-corrected chi connectivity index (χ0v) is 9.35. The first-order chi connectivity index (χ1) is 7.90. The Bertz CT molecular complexity index is 399. The van der Waals surface area contributed by atoms with Crippen LogP contribution in [0, 0.1) is 0 Å². The van der Waals surface area contributed by atoms with E-state index in [2.05, 4.69) is 15.5 Å². The van der Waals surface area contributed by atoms with E-state index in [4.69, 9.17) is 4.52 Å². The lowest BCUT2D eigenvalue weighted by molar-refractivity contribution is 0.318. The van der Waals surface area contributed by atoms with Gasteiger partial charge in [-0.25, -0.2) is 0 Å². The van der Waals surface area contributed by atoms with Crippen LogP contribution in [0.15, 0.2) is 4.52 Å². The third-order valence-electron chi connectivity index (χ3n) is 4.55. The van der Waals surface area contributed by atoms with Gasteiger partial charge in [-0.1, -0.05) is 11.6 Å². The van der Waals surface area contributed by atoms with Crippen LogP contribution in [0.25, 0.3) is 0 Å². The van der Waals surface area contributed by atoms with Crippen LogP contribution in [0.5, 0.6) is 0 Å². The fourth-order valence-corrected chi connectivity index (χ4v) is 3.33. The highest BCUT2D eigenvalue weighted by atomic mass is 16.5. The molecular formula is C12H17N3O. The van der Waals surface area contributed by atoms with Gasteiger partial charge in [0.25, 0.3) is 0 Å². The van der Waals surface area contributed by atoms with E-state index in [1.807, 2.05) is 0 Å². The lowest BCUT2D eigenvalue weighted by Crippen LogP contribution is -2.21. The Morgan fingerprint density at radius 3 is 2.75 bits per heavy atom. The molecule has 1 aliphatic carbocycles. The average molecular weight is 219 g/mol. The summed E-state index contributed by atoms with van der Waals surface area (Å²) in [6.07, 6.45) is 7.60. The van der Waals surface area contributed by atoms with E-state index in [-0.39, 0.29) is 0 Å². The average Bonchev–Trinajstić information content (AvgIpc) is 2.88. The van der Waals surface area contributed by atoms with Crippen molar-refractivity contribution in [1.29, 1.82) is 0 Å². The standard InChI is InChI=1S/C12H17N3O/c1-2-7(3-1)11-14-12(16-15-11)9-6-8-4-5-10(9)13-8/h7-10,13H,1-6H2. The summed E-state index contributed by atoms with van der Waals surface area (Å²) in [6.45, 7) is 0. The highest BCUT2D eigenvalue weighted by Gasteiger charge is 2.42. The summed E-state index contributed by atoms with van der Waals surface area (Å²) in [5.74, 6) is 2.93. The number of aromatic nitrogens is 2. The van der Waals surface area contributed by atoms with Crippen LogP contribution >= 0.6 is 0 Å². The summed E-state index contributed by atoms with van der Waals surface area (Å²) in [7, 11) is 0. The van der Waals surface area contributed by atoms with Crippen molar-refractivity contribution in [2.45, 2.75) is 62.4 Å². The maximum absolute atomic E-state index is 5.46. The van der Waals surface area contributed by atoms with Gasteiger partial charge >= 0.3 is 0 Å². The minimum absolute atomic E-state index is 0.486. The molecule has 86 valence electrons. The van der Waals surface area contributed by atoms with Gasteiger partial charge in [0, 0.05) is 18.0 Å². The predicted molar refractivity (Wildman–Crippen MR) is 58.2 cm³/mol. The Labute approximate surface area is 94.8 Å². The molecular weight excluding hydrogens is 202 g/mol. The summed E-state index contributed by atoms with van der Waals surface area (Å²) >= 11 is 0. The van der Waals surface area contributed by atoms with Crippen LogP contribution in [-0.4, -0.2) is 22.2 Å². The molecule has 3 atom stereocenters. The maximum atomic E-state index is 5.46. The maximum Gasteiger partial charge on any atom is 0.231 e. The van der Waals surface area contributed by atoms with Crippen molar-refractivity contribution >= 4 is 0 Å². The molecule has 3 unspecified atom stereocenters. The van der Waals surface area contributed by atoms with E-state index in [0.717, 1.165) is 11.7 Å². The molecule has 2 bridgehead atoms. The first-order valence-electron chi connectivity index (χ1n) is 6.50. The number of fused-ring (bicyclic) bond motifs is 2. The number of nitrogens with one attached hydrogen (secondary N) is 1. The highest BCUT2D eigenvalue weighted by Crippen LogP contribution is 2.40. The van der Waals surface area contributed by atoms with E-state index >= 15 is 0 Å². The molecule has 0 spiro atoms. The molecule has 0 aromatic carbocycles. The van der Waals surface area contributed by atoms with E-state index in [0.29, 0.717) is 23.9 Å². The van der Waals surface area contributed by atoms with Crippen molar-refractivity contribution < 1.29 is 4.52 Å². The largest absolute Gasteiger partial charge is 0.339 e. The van der Waals surface area contributed by atoms with Crippen molar-refractivity contribution in [2.75, 3.05) is 0 Å². The van der Waals surface area contributed by atoms with Gasteiger partial charge < -0.3 is 9.84 Å². The molecule has 2 saturated heterocycles. The monoisotopic (exact) mass is 219 g/mol. The van der Waals surface area contributed by atoms with Gasteiger partial charge in [-0.3, -0.25) is 0 Å². The Kier molecular flexibility index (Phi) is 1.89. The molecule has 2 aliphatic heterocycles. The van der Waals surface area contributed by atoms with Crippen LogP contribution in [0.2, 0.25) is 0 Å².